The number of nitrogens with zero attached hydrogens (tertiary/aromatic N) is 3. The molecule has 0 bridgehead atoms. The fourth-order valence-corrected chi connectivity index (χ4v) is 3.63. The van der Waals surface area contributed by atoms with Gasteiger partial charge in [0.15, 0.2) is 11.6 Å². The highest BCUT2D eigenvalue weighted by molar-refractivity contribution is 7.89. The average molecular weight is 417 g/mol. The van der Waals surface area contributed by atoms with Crippen LogP contribution >= 0.6 is 0 Å². The smallest absolute Gasteiger partial charge is 0.240 e. The summed E-state index contributed by atoms with van der Waals surface area (Å²) in [4.78, 5) is 11.6. The van der Waals surface area contributed by atoms with Crippen LogP contribution < -0.4 is 10.9 Å². The van der Waals surface area contributed by atoms with E-state index in [1.807, 2.05) is 6.07 Å². The van der Waals surface area contributed by atoms with Crippen molar-refractivity contribution < 1.29 is 22.0 Å². The molecule has 148 valence electrons. The zero-order valence-electron chi connectivity index (χ0n) is 14.6. The summed E-state index contributed by atoms with van der Waals surface area (Å²) in [6.45, 7) is 0. The largest absolute Gasteiger partial charge is 0.369 e. The molecule has 0 aliphatic carbocycles. The molecule has 3 rings (SSSR count). The Balaban J connectivity index is 2.23. The van der Waals surface area contributed by atoms with Crippen LogP contribution in [-0.2, 0) is 14.8 Å². The highest BCUT2D eigenvalue weighted by atomic mass is 32.2. The summed E-state index contributed by atoms with van der Waals surface area (Å²) in [6, 6.07) is 8.73. The monoisotopic (exact) mass is 417 g/mol. The van der Waals surface area contributed by atoms with Crippen LogP contribution in [0.1, 0.15) is 22.6 Å². The van der Waals surface area contributed by atoms with Gasteiger partial charge in [-0.05, 0) is 23.8 Å². The highest BCUT2D eigenvalue weighted by Crippen LogP contribution is 2.31. The van der Waals surface area contributed by atoms with Gasteiger partial charge in [-0.25, -0.2) is 27.0 Å². The molecule has 0 aliphatic heterocycles. The molecule has 0 aliphatic rings. The summed E-state index contributed by atoms with van der Waals surface area (Å²) in [5.41, 5.74) is 5.20. The number of rotatable bonds is 5. The van der Waals surface area contributed by atoms with Crippen molar-refractivity contribution in [3.05, 3.63) is 77.1 Å². The number of hydrogen-bond acceptors (Lipinski definition) is 5. The molecule has 1 amide bonds. The van der Waals surface area contributed by atoms with Crippen LogP contribution in [0.3, 0.4) is 0 Å². The number of primary sulfonamides is 1. The molecule has 0 saturated carbocycles. The van der Waals surface area contributed by atoms with Crippen molar-refractivity contribution in [3.8, 4) is 11.8 Å². The zero-order valence-corrected chi connectivity index (χ0v) is 15.4. The highest BCUT2D eigenvalue weighted by Gasteiger charge is 2.27. The van der Waals surface area contributed by atoms with Gasteiger partial charge < -0.3 is 5.73 Å². The van der Waals surface area contributed by atoms with Crippen molar-refractivity contribution >= 4 is 15.9 Å². The maximum absolute atomic E-state index is 14.2. The fraction of sp³-hybridized carbons (Fsp3) is 0.0556. The number of sulfonamides is 1. The van der Waals surface area contributed by atoms with Gasteiger partial charge in [0.2, 0.25) is 15.9 Å². The van der Waals surface area contributed by atoms with Gasteiger partial charge in [0.05, 0.1) is 23.4 Å². The number of primary amides is 1. The third-order valence-electron chi connectivity index (χ3n) is 4.16. The van der Waals surface area contributed by atoms with Crippen LogP contribution in [0.15, 0.2) is 53.7 Å². The normalized spacial score (nSPS) is 12.3. The molecule has 11 heteroatoms. The number of benzene rings is 2. The summed E-state index contributed by atoms with van der Waals surface area (Å²) < 4.78 is 53.2. The Morgan fingerprint density at radius 2 is 1.97 bits per heavy atom. The number of aromatic nitrogens is 2. The molecule has 2 aromatic carbocycles. The van der Waals surface area contributed by atoms with Crippen LogP contribution in [0, 0.1) is 23.0 Å². The third kappa shape index (κ3) is 3.84. The molecule has 3 aromatic rings. The lowest BCUT2D eigenvalue weighted by Gasteiger charge is -2.17. The molecule has 1 aromatic heterocycles. The number of amides is 1. The number of nitrogens with two attached hydrogens (primary N) is 2. The van der Waals surface area contributed by atoms with E-state index < -0.39 is 38.4 Å². The molecule has 8 nitrogen and oxygen atoms in total. The molecule has 0 fully saturated rings. The first-order valence-corrected chi connectivity index (χ1v) is 9.53. The first-order chi connectivity index (χ1) is 13.6. The first kappa shape index (κ1) is 20.1. The summed E-state index contributed by atoms with van der Waals surface area (Å²) >= 11 is 0. The van der Waals surface area contributed by atoms with E-state index in [0.717, 1.165) is 16.8 Å². The summed E-state index contributed by atoms with van der Waals surface area (Å²) in [5.74, 6) is -4.94. The predicted octanol–water partition coefficient (Wildman–Crippen LogP) is 1.29. The quantitative estimate of drug-likeness (QED) is 0.642. The second kappa shape index (κ2) is 7.42. The lowest BCUT2D eigenvalue weighted by Crippen LogP contribution is -2.24. The fourth-order valence-electron chi connectivity index (χ4n) is 2.88. The Morgan fingerprint density at radius 3 is 2.55 bits per heavy atom. The third-order valence-corrected chi connectivity index (χ3v) is 5.10. The lowest BCUT2D eigenvalue weighted by molar-refractivity contribution is -0.118. The summed E-state index contributed by atoms with van der Waals surface area (Å²) in [6.07, 6.45) is 2.50. The summed E-state index contributed by atoms with van der Waals surface area (Å²) in [7, 11) is -4.32. The Kier molecular flexibility index (Phi) is 5.15. The number of carbonyl (C=O) groups is 1. The van der Waals surface area contributed by atoms with Crippen LogP contribution in [0.25, 0.3) is 5.69 Å². The topological polar surface area (TPSA) is 145 Å². The minimum Gasteiger partial charge on any atom is -0.369 e. The van der Waals surface area contributed by atoms with E-state index in [2.05, 4.69) is 5.10 Å². The maximum atomic E-state index is 14.2. The molecule has 1 atom stereocenters. The predicted molar refractivity (Wildman–Crippen MR) is 97.0 cm³/mol. The Labute approximate surface area is 164 Å². The Hall–Kier alpha value is -3.62. The van der Waals surface area contributed by atoms with Gasteiger partial charge in [-0.15, -0.1) is 0 Å². The molecule has 0 saturated heterocycles. The SMILES string of the molecule is N#Cc1cnn(-c2ccc(C(C(N)=O)c3cccc(F)c3F)cc2S(N)(=O)=O)c1. The summed E-state index contributed by atoms with van der Waals surface area (Å²) in [5, 5.41) is 18.1. The van der Waals surface area contributed by atoms with Crippen LogP contribution in [-0.4, -0.2) is 24.1 Å². The van der Waals surface area contributed by atoms with Gasteiger partial charge in [-0.2, -0.15) is 10.4 Å². The van der Waals surface area contributed by atoms with Gasteiger partial charge in [-0.3, -0.25) is 4.79 Å². The Bertz CT molecular complexity index is 1260. The first-order valence-electron chi connectivity index (χ1n) is 7.98. The molecular formula is C18H13F2N5O3S. The Morgan fingerprint density at radius 1 is 1.24 bits per heavy atom. The van der Waals surface area contributed by atoms with E-state index in [1.165, 1.54) is 36.7 Å². The number of nitriles is 1. The van der Waals surface area contributed by atoms with Crippen molar-refractivity contribution in [1.82, 2.24) is 9.78 Å². The lowest BCUT2D eigenvalue weighted by atomic mass is 9.90. The zero-order chi connectivity index (χ0) is 21.3. The van der Waals surface area contributed by atoms with Crippen molar-refractivity contribution in [2.45, 2.75) is 10.8 Å². The van der Waals surface area contributed by atoms with Gasteiger partial charge in [0.25, 0.3) is 0 Å². The molecule has 1 unspecified atom stereocenters. The van der Waals surface area contributed by atoms with Crippen molar-refractivity contribution in [2.75, 3.05) is 0 Å². The van der Waals surface area contributed by atoms with Gasteiger partial charge in [0, 0.05) is 11.8 Å². The number of carbonyl (C=O) groups excluding carboxylic acids is 1. The van der Waals surface area contributed by atoms with Gasteiger partial charge in [-0.1, -0.05) is 18.2 Å². The van der Waals surface area contributed by atoms with E-state index in [4.69, 9.17) is 16.1 Å². The molecule has 0 spiro atoms. The van der Waals surface area contributed by atoms with Crippen LogP contribution in [0.4, 0.5) is 8.78 Å². The standard InChI is InChI=1S/C18H13F2N5O3S/c19-13-3-1-2-12(17(13)20)16(18(22)26)11-4-5-14(15(6-11)29(23,27)28)25-9-10(7-21)8-24-25/h1-6,8-9,16H,(H2,22,26)(H2,23,27,28). The molecule has 29 heavy (non-hydrogen) atoms. The number of hydrogen-bond donors (Lipinski definition) is 2. The maximum Gasteiger partial charge on any atom is 0.240 e. The van der Waals surface area contributed by atoms with E-state index in [-0.39, 0.29) is 22.4 Å². The second-order valence-corrected chi connectivity index (χ2v) is 7.57. The minimum atomic E-state index is -4.32. The number of halogens is 2. The van der Waals surface area contributed by atoms with Gasteiger partial charge in [0.1, 0.15) is 11.0 Å². The van der Waals surface area contributed by atoms with Crippen molar-refractivity contribution in [1.29, 1.82) is 5.26 Å². The average Bonchev–Trinajstić information content (AvgIpc) is 3.13. The van der Waals surface area contributed by atoms with E-state index >= 15 is 0 Å². The second-order valence-electron chi connectivity index (χ2n) is 6.04. The molecule has 1 heterocycles. The van der Waals surface area contributed by atoms with Crippen LogP contribution in [0.5, 0.6) is 0 Å². The van der Waals surface area contributed by atoms with E-state index in [0.29, 0.717) is 0 Å². The minimum absolute atomic E-state index is 0.000634. The van der Waals surface area contributed by atoms with E-state index in [9.17, 15) is 22.0 Å². The van der Waals surface area contributed by atoms with Crippen LogP contribution in [0.2, 0.25) is 0 Å². The van der Waals surface area contributed by atoms with Crippen molar-refractivity contribution in [2.24, 2.45) is 10.9 Å². The molecular weight excluding hydrogens is 404 g/mol. The molecule has 4 N–H and O–H groups in total. The van der Waals surface area contributed by atoms with Crippen molar-refractivity contribution in [3.63, 3.8) is 0 Å². The van der Waals surface area contributed by atoms with Gasteiger partial charge >= 0.3 is 0 Å². The van der Waals surface area contributed by atoms with E-state index in [1.54, 1.807) is 0 Å². The molecule has 0 radical (unpaired) electrons.